The van der Waals surface area contributed by atoms with Crippen LogP contribution in [0, 0.1) is 0 Å². The van der Waals surface area contributed by atoms with E-state index in [-0.39, 0.29) is 0 Å². The highest BCUT2D eigenvalue weighted by Gasteiger charge is 2.38. The van der Waals surface area contributed by atoms with E-state index in [0.717, 1.165) is 18.7 Å². The maximum atomic E-state index is 5.16. The number of nitrogens with one attached hydrogen (secondary N) is 1. The largest absolute Gasteiger partial charge is 0.383 e. The fourth-order valence-electron chi connectivity index (χ4n) is 3.25. The summed E-state index contributed by atoms with van der Waals surface area (Å²) in [6.45, 7) is 3.03. The van der Waals surface area contributed by atoms with Crippen LogP contribution in [0.15, 0.2) is 0 Å². The molecule has 3 atom stereocenters. The number of fused-ring (bicyclic) bond motifs is 2. The van der Waals surface area contributed by atoms with Crippen LogP contribution in [0.5, 0.6) is 0 Å². The third-order valence-electron chi connectivity index (χ3n) is 4.04. The van der Waals surface area contributed by atoms with E-state index in [2.05, 4.69) is 24.2 Å². The second-order valence-corrected chi connectivity index (χ2v) is 5.24. The van der Waals surface area contributed by atoms with Gasteiger partial charge in [0, 0.05) is 31.3 Å². The van der Waals surface area contributed by atoms with Crippen LogP contribution >= 0.6 is 0 Å². The fourth-order valence-corrected chi connectivity index (χ4v) is 3.25. The smallest absolute Gasteiger partial charge is 0.0613 e. The van der Waals surface area contributed by atoms with E-state index in [9.17, 15) is 0 Å². The molecule has 0 aromatic heterocycles. The number of ether oxygens (including phenoxy) is 1. The van der Waals surface area contributed by atoms with Crippen molar-refractivity contribution in [2.45, 2.75) is 56.8 Å². The number of rotatable bonds is 4. The molecule has 2 rings (SSSR count). The Kier molecular flexibility index (Phi) is 3.65. The van der Waals surface area contributed by atoms with Crippen molar-refractivity contribution in [1.29, 1.82) is 0 Å². The fraction of sp³-hybridized carbons (Fsp3) is 1.00. The molecule has 2 aliphatic rings. The van der Waals surface area contributed by atoms with Crippen molar-refractivity contribution < 1.29 is 4.74 Å². The predicted molar refractivity (Wildman–Crippen MR) is 62.1 cm³/mol. The van der Waals surface area contributed by atoms with Crippen molar-refractivity contribution in [3.63, 3.8) is 0 Å². The van der Waals surface area contributed by atoms with Crippen molar-refractivity contribution in [2.24, 2.45) is 0 Å². The van der Waals surface area contributed by atoms with E-state index in [1.807, 2.05) is 0 Å². The molecule has 2 heterocycles. The van der Waals surface area contributed by atoms with Crippen molar-refractivity contribution in [3.8, 4) is 0 Å². The number of methoxy groups -OCH3 is 1. The molecule has 2 aliphatic heterocycles. The monoisotopic (exact) mass is 212 g/mol. The first-order valence-corrected chi connectivity index (χ1v) is 6.17. The van der Waals surface area contributed by atoms with E-state index in [1.54, 1.807) is 7.11 Å². The van der Waals surface area contributed by atoms with E-state index in [4.69, 9.17) is 4.74 Å². The van der Waals surface area contributed by atoms with Crippen LogP contribution in [0.1, 0.15) is 32.6 Å². The highest BCUT2D eigenvalue weighted by molar-refractivity contribution is 4.96. The summed E-state index contributed by atoms with van der Waals surface area (Å²) in [6, 6.07) is 2.86. The molecule has 0 saturated carbocycles. The number of nitrogens with zero attached hydrogens (tertiary/aromatic N) is 1. The van der Waals surface area contributed by atoms with Crippen molar-refractivity contribution in [2.75, 3.05) is 20.8 Å². The molecule has 0 amide bonds. The van der Waals surface area contributed by atoms with Crippen LogP contribution in [0.3, 0.4) is 0 Å². The first-order valence-electron chi connectivity index (χ1n) is 6.17. The third kappa shape index (κ3) is 2.52. The predicted octanol–water partition coefficient (Wildman–Crippen LogP) is 1.24. The zero-order valence-corrected chi connectivity index (χ0v) is 10.2. The zero-order valence-electron chi connectivity index (χ0n) is 10.2. The molecule has 0 aromatic rings. The summed E-state index contributed by atoms with van der Waals surface area (Å²) in [5.74, 6) is 0. The molecule has 15 heavy (non-hydrogen) atoms. The van der Waals surface area contributed by atoms with Crippen LogP contribution in [-0.4, -0.2) is 49.8 Å². The Hall–Kier alpha value is -0.120. The first-order chi connectivity index (χ1) is 7.20. The van der Waals surface area contributed by atoms with Crippen LogP contribution in [0.25, 0.3) is 0 Å². The second-order valence-electron chi connectivity index (χ2n) is 5.24. The third-order valence-corrected chi connectivity index (χ3v) is 4.04. The zero-order chi connectivity index (χ0) is 10.8. The Morgan fingerprint density at radius 2 is 1.93 bits per heavy atom. The van der Waals surface area contributed by atoms with Crippen LogP contribution in [0.2, 0.25) is 0 Å². The maximum Gasteiger partial charge on any atom is 0.0613 e. The van der Waals surface area contributed by atoms with Gasteiger partial charge in [0.1, 0.15) is 0 Å². The van der Waals surface area contributed by atoms with Gasteiger partial charge in [-0.2, -0.15) is 0 Å². The average Bonchev–Trinajstić information content (AvgIpc) is 2.43. The van der Waals surface area contributed by atoms with Crippen molar-refractivity contribution in [1.82, 2.24) is 10.2 Å². The summed E-state index contributed by atoms with van der Waals surface area (Å²) in [6.07, 6.45) is 5.44. The molecule has 3 nitrogen and oxygen atoms in total. The van der Waals surface area contributed by atoms with Gasteiger partial charge in [-0.3, -0.25) is 0 Å². The van der Waals surface area contributed by atoms with Crippen LogP contribution in [0.4, 0.5) is 0 Å². The molecule has 0 aromatic carbocycles. The molecule has 2 fully saturated rings. The molecular formula is C12H24N2O. The van der Waals surface area contributed by atoms with Crippen LogP contribution in [-0.2, 0) is 4.74 Å². The molecule has 3 heteroatoms. The van der Waals surface area contributed by atoms with Gasteiger partial charge in [0.05, 0.1) is 6.61 Å². The SMILES string of the molecule is COCC(C)NC1CC2CCC(C1)N2C. The van der Waals surface area contributed by atoms with Gasteiger partial charge in [0.15, 0.2) is 0 Å². The normalized spacial score (nSPS) is 38.2. The van der Waals surface area contributed by atoms with E-state index in [1.165, 1.54) is 25.7 Å². The molecule has 2 bridgehead atoms. The van der Waals surface area contributed by atoms with E-state index >= 15 is 0 Å². The minimum absolute atomic E-state index is 0.489. The maximum absolute atomic E-state index is 5.16. The van der Waals surface area contributed by atoms with Crippen LogP contribution < -0.4 is 5.32 Å². The average molecular weight is 212 g/mol. The minimum Gasteiger partial charge on any atom is -0.383 e. The standard InChI is InChI=1S/C12H24N2O/c1-9(8-15-3)13-10-6-11-4-5-12(7-10)14(11)2/h9-13H,4-8H2,1-3H3. The lowest BCUT2D eigenvalue weighted by atomic mass is 9.97. The summed E-state index contributed by atoms with van der Waals surface area (Å²) in [5, 5.41) is 3.69. The molecule has 1 N–H and O–H groups in total. The summed E-state index contributed by atoms with van der Waals surface area (Å²) in [5.41, 5.74) is 0. The van der Waals surface area contributed by atoms with Crippen molar-refractivity contribution >= 4 is 0 Å². The highest BCUT2D eigenvalue weighted by Crippen LogP contribution is 2.34. The molecule has 88 valence electrons. The number of piperidine rings is 1. The minimum atomic E-state index is 0.489. The van der Waals surface area contributed by atoms with Gasteiger partial charge in [-0.1, -0.05) is 0 Å². The lowest BCUT2D eigenvalue weighted by molar-refractivity contribution is 0.123. The Labute approximate surface area is 93.2 Å². The first kappa shape index (κ1) is 11.4. The summed E-state index contributed by atoms with van der Waals surface area (Å²) >= 11 is 0. The molecule has 2 saturated heterocycles. The van der Waals surface area contributed by atoms with Crippen molar-refractivity contribution in [3.05, 3.63) is 0 Å². The van der Waals surface area contributed by atoms with Gasteiger partial charge in [-0.05, 0) is 39.7 Å². The van der Waals surface area contributed by atoms with Gasteiger partial charge >= 0.3 is 0 Å². The lowest BCUT2D eigenvalue weighted by Crippen LogP contribution is -2.50. The summed E-state index contributed by atoms with van der Waals surface area (Å²) in [4.78, 5) is 2.58. The summed E-state index contributed by atoms with van der Waals surface area (Å²) in [7, 11) is 4.06. The topological polar surface area (TPSA) is 24.5 Å². The van der Waals surface area contributed by atoms with Gasteiger partial charge in [0.2, 0.25) is 0 Å². The molecule has 0 radical (unpaired) electrons. The van der Waals surface area contributed by atoms with E-state index < -0.39 is 0 Å². The highest BCUT2D eigenvalue weighted by atomic mass is 16.5. The van der Waals surface area contributed by atoms with Gasteiger partial charge < -0.3 is 15.0 Å². The molecule has 3 unspecified atom stereocenters. The Bertz CT molecular complexity index is 196. The molecule has 0 aliphatic carbocycles. The molecule has 0 spiro atoms. The number of hydrogen-bond acceptors (Lipinski definition) is 3. The summed E-state index contributed by atoms with van der Waals surface area (Å²) < 4.78 is 5.16. The van der Waals surface area contributed by atoms with Gasteiger partial charge in [-0.25, -0.2) is 0 Å². The quantitative estimate of drug-likeness (QED) is 0.759. The van der Waals surface area contributed by atoms with Gasteiger partial charge in [0.25, 0.3) is 0 Å². The molecular weight excluding hydrogens is 188 g/mol. The van der Waals surface area contributed by atoms with E-state index in [0.29, 0.717) is 12.1 Å². The Balaban J connectivity index is 1.81. The van der Waals surface area contributed by atoms with Gasteiger partial charge in [-0.15, -0.1) is 0 Å². The number of hydrogen-bond donors (Lipinski definition) is 1. The Morgan fingerprint density at radius 1 is 1.33 bits per heavy atom. The second kappa shape index (κ2) is 4.81. The lowest BCUT2D eigenvalue weighted by Gasteiger charge is -2.37. The Morgan fingerprint density at radius 3 is 2.47 bits per heavy atom.